The zero-order chi connectivity index (χ0) is 56.9. The van der Waals surface area contributed by atoms with E-state index in [1.165, 1.54) is 30.3 Å². The molecule has 0 radical (unpaired) electrons. The number of carboxylic acid groups (broad SMARTS) is 1. The Morgan fingerprint density at radius 1 is 0.512 bits per heavy atom. The van der Waals surface area contributed by atoms with E-state index in [0.29, 0.717) is 23.7 Å². The molecule has 2 atom stereocenters. The molecule has 0 aliphatic heterocycles. The Morgan fingerprint density at radius 3 is 1.32 bits per heavy atom. The molecule has 0 bridgehead atoms. The number of aromatic hydroxyl groups is 4. The van der Waals surface area contributed by atoms with Crippen LogP contribution in [-0.4, -0.2) is 103 Å². The van der Waals surface area contributed by atoms with Gasteiger partial charge in [-0.2, -0.15) is 0 Å². The van der Waals surface area contributed by atoms with Crippen LogP contribution in [0.1, 0.15) is 22.3 Å². The lowest BCUT2D eigenvalue weighted by molar-refractivity contribution is -0.131. The third-order valence-electron chi connectivity index (χ3n) is 13.2. The predicted molar refractivity (Wildman–Crippen MR) is 297 cm³/mol. The smallest absolute Gasteiger partial charge is 0.328 e. The second kappa shape index (κ2) is 22.8. The Balaban J connectivity index is 0.860. The van der Waals surface area contributed by atoms with Gasteiger partial charge in [0.2, 0.25) is 25.6 Å². The van der Waals surface area contributed by atoms with Crippen LogP contribution >= 0.6 is 0 Å². The molecule has 1 aliphatic rings. The molecule has 0 aromatic heterocycles. The summed E-state index contributed by atoms with van der Waals surface area (Å²) < 4.78 is 66.1. The number of phenolic OH excluding ortho intramolecular Hbond substituents is 4. The fraction of sp³-hybridized carbons (Fsp3) is 0.119. The fourth-order valence-electron chi connectivity index (χ4n) is 9.31. The first-order chi connectivity index (χ1) is 38.2. The monoisotopic (exact) mass is 1120 g/mol. The molecule has 0 spiro atoms. The maximum atomic E-state index is 13.7. The Hall–Kier alpha value is -9.54. The van der Waals surface area contributed by atoms with E-state index in [2.05, 4.69) is 40.2 Å². The van der Waals surface area contributed by atoms with Gasteiger partial charge in [0.25, 0.3) is 0 Å². The van der Waals surface area contributed by atoms with Gasteiger partial charge in [0.1, 0.15) is 59.9 Å². The number of hydrogen-bond acceptors (Lipinski definition) is 17. The minimum Gasteiger partial charge on any atom is -0.506 e. The molecule has 0 fully saturated rings. The molecule has 410 valence electrons. The average molecular weight is 1120 g/mol. The van der Waals surface area contributed by atoms with Crippen molar-refractivity contribution in [2.45, 2.75) is 37.2 Å². The van der Waals surface area contributed by atoms with Gasteiger partial charge in [0.15, 0.2) is 0 Å². The van der Waals surface area contributed by atoms with Crippen molar-refractivity contribution in [1.29, 1.82) is 0 Å². The topological polar surface area (TPSA) is 325 Å². The highest BCUT2D eigenvalue weighted by molar-refractivity contribution is 7.91. The minimum atomic E-state index is -4.31. The molecule has 0 saturated heterocycles. The second-order valence-electron chi connectivity index (χ2n) is 18.5. The molecule has 8 aromatic rings. The lowest BCUT2D eigenvalue weighted by atomic mass is 9.68. The molecular weight excluding hydrogens is 1070 g/mol. The normalized spacial score (nSPS) is 13.4. The van der Waals surface area contributed by atoms with E-state index in [1.807, 2.05) is 48.5 Å². The standard InChI is InChI=1S/C59H52N4O15S2/c60-49-27-41(17-21-53(49)66)79(73,74)42-18-22-54(67)50(28-42)61-31-37(64)33-77-39-13-9-35(10-14-39)59(47-7-3-1-5-45(47)46-6-2-4-8-48(46)59)36-11-15-40(16-12-36)78-34-38(65)32-62-51-29-43(19-23-55(51)68)80(75,76)44-20-24-56(69)52(30-44)63-57(70)25-26-58(71)72/h1-30,37-38,61-62,64-69H,31-34,60H2,(H,63,70)(H,71,72)/b26-25+. The average Bonchev–Trinajstić information content (AvgIpc) is 4.01. The third kappa shape index (κ3) is 11.4. The van der Waals surface area contributed by atoms with Crippen molar-refractivity contribution >= 4 is 54.3 Å². The minimum absolute atomic E-state index is 0.0217. The number of benzene rings is 8. The summed E-state index contributed by atoms with van der Waals surface area (Å²) in [5.74, 6) is -2.72. The summed E-state index contributed by atoms with van der Waals surface area (Å²) in [6.45, 7) is -0.642. The number of carbonyl (C=O) groups is 2. The number of carboxylic acids is 1. The zero-order valence-electron chi connectivity index (χ0n) is 42.1. The van der Waals surface area contributed by atoms with E-state index < -0.39 is 54.9 Å². The van der Waals surface area contributed by atoms with E-state index in [0.717, 1.165) is 75.8 Å². The highest BCUT2D eigenvalue weighted by Crippen LogP contribution is 2.56. The summed E-state index contributed by atoms with van der Waals surface area (Å²) in [7, 11) is -8.39. The van der Waals surface area contributed by atoms with Crippen LogP contribution in [0, 0.1) is 0 Å². The molecule has 21 heteroatoms. The highest BCUT2D eigenvalue weighted by Gasteiger charge is 2.46. The van der Waals surface area contributed by atoms with Gasteiger partial charge in [0.05, 0.1) is 47.7 Å². The Bertz CT molecular complexity index is 3870. The number of nitrogen functional groups attached to an aromatic ring is 1. The zero-order valence-corrected chi connectivity index (χ0v) is 43.7. The van der Waals surface area contributed by atoms with E-state index in [1.54, 1.807) is 24.3 Å². The number of aliphatic hydroxyl groups excluding tert-OH is 2. The Kier molecular flexibility index (Phi) is 15.7. The molecule has 19 nitrogen and oxygen atoms in total. The van der Waals surface area contributed by atoms with Gasteiger partial charge < -0.3 is 66.9 Å². The number of sulfone groups is 2. The lowest BCUT2D eigenvalue weighted by Crippen LogP contribution is -2.29. The molecule has 9 rings (SSSR count). The molecule has 8 aromatic carbocycles. The number of rotatable bonds is 21. The molecule has 1 amide bonds. The summed E-state index contributed by atoms with van der Waals surface area (Å²) in [6, 6.07) is 45.1. The molecule has 1 aliphatic carbocycles. The van der Waals surface area contributed by atoms with Crippen molar-refractivity contribution in [2.75, 3.05) is 48.0 Å². The van der Waals surface area contributed by atoms with Crippen LogP contribution < -0.4 is 31.2 Å². The number of aliphatic carboxylic acids is 1. The number of phenols is 4. The molecule has 2 unspecified atom stereocenters. The van der Waals surface area contributed by atoms with Gasteiger partial charge in [-0.25, -0.2) is 21.6 Å². The first kappa shape index (κ1) is 55.2. The first-order valence-electron chi connectivity index (χ1n) is 24.6. The molecule has 0 heterocycles. The van der Waals surface area contributed by atoms with Crippen LogP contribution in [0.25, 0.3) is 11.1 Å². The van der Waals surface area contributed by atoms with Gasteiger partial charge >= 0.3 is 5.97 Å². The van der Waals surface area contributed by atoms with Gasteiger partial charge in [-0.15, -0.1) is 0 Å². The second-order valence-corrected chi connectivity index (χ2v) is 22.4. The van der Waals surface area contributed by atoms with Crippen molar-refractivity contribution in [3.63, 3.8) is 0 Å². The van der Waals surface area contributed by atoms with Crippen molar-refractivity contribution in [3.8, 4) is 45.6 Å². The largest absolute Gasteiger partial charge is 0.506 e. The highest BCUT2D eigenvalue weighted by atomic mass is 32.2. The predicted octanol–water partition coefficient (Wildman–Crippen LogP) is 7.40. The van der Waals surface area contributed by atoms with Crippen LogP contribution in [0.3, 0.4) is 0 Å². The Morgan fingerprint density at radius 2 is 0.900 bits per heavy atom. The quantitative estimate of drug-likeness (QED) is 0.0190. The van der Waals surface area contributed by atoms with Crippen molar-refractivity contribution in [2.24, 2.45) is 0 Å². The first-order valence-corrected chi connectivity index (χ1v) is 27.5. The number of anilines is 4. The summed E-state index contributed by atoms with van der Waals surface area (Å²) in [6.07, 6.45) is -0.980. The Labute approximate surface area is 459 Å². The molecule has 80 heavy (non-hydrogen) atoms. The van der Waals surface area contributed by atoms with E-state index >= 15 is 0 Å². The summed E-state index contributed by atoms with van der Waals surface area (Å²) in [4.78, 5) is 22.0. The van der Waals surface area contributed by atoms with Gasteiger partial charge in [0, 0.05) is 25.2 Å². The molecule has 0 saturated carbocycles. The van der Waals surface area contributed by atoms with E-state index in [4.69, 9.17) is 20.3 Å². The van der Waals surface area contributed by atoms with Crippen LogP contribution in [0.5, 0.6) is 34.5 Å². The molecular formula is C59H52N4O15S2. The number of ether oxygens (including phenoxy) is 2. The number of nitrogens with one attached hydrogen (secondary N) is 3. The maximum absolute atomic E-state index is 13.7. The van der Waals surface area contributed by atoms with Crippen LogP contribution in [-0.2, 0) is 34.7 Å². The van der Waals surface area contributed by atoms with E-state index in [9.17, 15) is 57.1 Å². The van der Waals surface area contributed by atoms with Gasteiger partial charge in [-0.1, -0.05) is 72.8 Å². The van der Waals surface area contributed by atoms with E-state index in [-0.39, 0.29) is 85.9 Å². The van der Waals surface area contributed by atoms with Crippen LogP contribution in [0.4, 0.5) is 22.7 Å². The van der Waals surface area contributed by atoms with Crippen molar-refractivity contribution in [3.05, 3.63) is 204 Å². The summed E-state index contributed by atoms with van der Waals surface area (Å²) in [5, 5.41) is 79.9. The number of carbonyl (C=O) groups excluding carboxylic acids is 1. The number of fused-ring (bicyclic) bond motifs is 3. The third-order valence-corrected chi connectivity index (χ3v) is 16.7. The maximum Gasteiger partial charge on any atom is 0.328 e. The van der Waals surface area contributed by atoms with Gasteiger partial charge in [-0.05, 0) is 130 Å². The molecule has 12 N–H and O–H groups in total. The van der Waals surface area contributed by atoms with Crippen LogP contribution in [0.2, 0.25) is 0 Å². The number of amides is 1. The number of hydrogen-bond donors (Lipinski definition) is 11. The number of nitrogens with two attached hydrogens (primary N) is 1. The van der Waals surface area contributed by atoms with Crippen molar-refractivity contribution < 1.29 is 71.6 Å². The van der Waals surface area contributed by atoms with Gasteiger partial charge in [-0.3, -0.25) is 4.79 Å². The number of aliphatic hydroxyl groups is 2. The summed E-state index contributed by atoms with van der Waals surface area (Å²) in [5.41, 5.74) is 10.5. The summed E-state index contributed by atoms with van der Waals surface area (Å²) >= 11 is 0. The fourth-order valence-corrected chi connectivity index (χ4v) is 11.9. The SMILES string of the molecule is Nc1cc(S(=O)(=O)c2ccc(O)c(NCC(O)COc3ccc(C4(c5ccc(OCC(O)CNc6cc(S(=O)(=O)c7ccc(O)c(NC(=O)/C=C/C(=O)O)c7)ccc6O)cc5)c5ccccc5-c5ccccc54)cc3)c2)ccc1O. The lowest BCUT2D eigenvalue weighted by Gasteiger charge is -2.34. The van der Waals surface area contributed by atoms with Crippen molar-refractivity contribution in [1.82, 2.24) is 0 Å². The van der Waals surface area contributed by atoms with Crippen LogP contribution in [0.15, 0.2) is 202 Å².